The topological polar surface area (TPSA) is 72.8 Å². The van der Waals surface area contributed by atoms with Crippen molar-refractivity contribution in [2.75, 3.05) is 27.3 Å². The van der Waals surface area contributed by atoms with E-state index in [9.17, 15) is 4.79 Å². The highest BCUT2D eigenvalue weighted by Crippen LogP contribution is 2.22. The van der Waals surface area contributed by atoms with Crippen molar-refractivity contribution in [2.24, 2.45) is 0 Å². The molecule has 106 valence electrons. The number of amides is 1. The molecule has 0 saturated heterocycles. The largest absolute Gasteiger partial charge is 0.394 e. The molecule has 0 aliphatic heterocycles. The summed E-state index contributed by atoms with van der Waals surface area (Å²) in [6.45, 7) is 1.39. The molecule has 1 rings (SSSR count). The summed E-state index contributed by atoms with van der Waals surface area (Å²) < 4.78 is 0. The third-order valence-electron chi connectivity index (χ3n) is 3.03. The van der Waals surface area contributed by atoms with Crippen LogP contribution in [0.2, 0.25) is 0 Å². The fraction of sp³-hybridized carbons (Fsp3) is 0.500. The molecule has 5 heteroatoms. The van der Waals surface area contributed by atoms with Gasteiger partial charge in [0, 0.05) is 0 Å². The smallest absolute Gasteiger partial charge is 0.242 e. The van der Waals surface area contributed by atoms with Crippen LogP contribution >= 0.6 is 0 Å². The second kappa shape index (κ2) is 7.23. The fourth-order valence-corrected chi connectivity index (χ4v) is 1.98. The molecule has 0 saturated carbocycles. The Labute approximate surface area is 113 Å². The summed E-state index contributed by atoms with van der Waals surface area (Å²) in [5.74, 6) is -0.229. The van der Waals surface area contributed by atoms with Crippen molar-refractivity contribution < 1.29 is 15.0 Å². The molecular weight excluding hydrogens is 244 g/mol. The monoisotopic (exact) mass is 266 g/mol. The molecule has 0 radical (unpaired) electrons. The summed E-state index contributed by atoms with van der Waals surface area (Å²) in [7, 11) is 3.65. The van der Waals surface area contributed by atoms with E-state index in [1.165, 1.54) is 0 Å². The second-order valence-corrected chi connectivity index (χ2v) is 4.79. The van der Waals surface area contributed by atoms with Crippen molar-refractivity contribution in [3.05, 3.63) is 35.4 Å². The first-order valence-electron chi connectivity index (χ1n) is 6.25. The van der Waals surface area contributed by atoms with Gasteiger partial charge in [-0.1, -0.05) is 24.3 Å². The zero-order valence-corrected chi connectivity index (χ0v) is 11.6. The van der Waals surface area contributed by atoms with Gasteiger partial charge in [-0.25, -0.2) is 0 Å². The predicted octanol–water partition coefficient (Wildman–Crippen LogP) is 0.0671. The maximum Gasteiger partial charge on any atom is 0.242 e. The Balaban J connectivity index is 2.96. The number of carbonyl (C=O) groups is 1. The van der Waals surface area contributed by atoms with Crippen LogP contribution in [0.25, 0.3) is 0 Å². The molecule has 1 aromatic rings. The van der Waals surface area contributed by atoms with E-state index < -0.39 is 12.1 Å². The van der Waals surface area contributed by atoms with E-state index in [1.54, 1.807) is 0 Å². The van der Waals surface area contributed by atoms with E-state index in [0.717, 1.165) is 11.1 Å². The molecule has 1 unspecified atom stereocenters. The molecule has 0 aliphatic rings. The molecule has 0 bridgehead atoms. The second-order valence-electron chi connectivity index (χ2n) is 4.79. The van der Waals surface area contributed by atoms with Gasteiger partial charge in [-0.15, -0.1) is 0 Å². The van der Waals surface area contributed by atoms with E-state index >= 15 is 0 Å². The normalized spacial score (nSPS) is 12.8. The highest BCUT2D eigenvalue weighted by Gasteiger charge is 2.25. The number of hydrogen-bond donors (Lipinski definition) is 3. The van der Waals surface area contributed by atoms with Crippen LogP contribution < -0.4 is 5.32 Å². The van der Waals surface area contributed by atoms with Crippen molar-refractivity contribution >= 4 is 5.91 Å². The van der Waals surface area contributed by atoms with Crippen LogP contribution in [0.3, 0.4) is 0 Å². The summed E-state index contributed by atoms with van der Waals surface area (Å²) >= 11 is 0. The van der Waals surface area contributed by atoms with Gasteiger partial charge in [-0.2, -0.15) is 0 Å². The van der Waals surface area contributed by atoms with Crippen molar-refractivity contribution in [2.45, 2.75) is 19.0 Å². The molecule has 1 aromatic carbocycles. The number of nitrogens with zero attached hydrogens (tertiary/aromatic N) is 1. The van der Waals surface area contributed by atoms with Crippen molar-refractivity contribution in [3.63, 3.8) is 0 Å². The molecule has 0 aromatic heterocycles. The number of aliphatic hydroxyl groups is 2. The number of likely N-dealkylation sites (N-methyl/N-ethyl adjacent to an activating group) is 1. The Kier molecular flexibility index (Phi) is 5.95. The molecule has 1 atom stereocenters. The standard InChI is InChI=1S/C14H22N2O3/c1-10-6-4-5-7-12(10)13(16(2)3)14(19)15-11(8-17)9-18/h4-7,11,13,17-18H,8-9H2,1-3H3,(H,15,19). The minimum atomic E-state index is -0.626. The maximum absolute atomic E-state index is 12.3. The SMILES string of the molecule is Cc1ccccc1C(C(=O)NC(CO)CO)N(C)C. The van der Waals surface area contributed by atoms with E-state index in [0.29, 0.717) is 0 Å². The number of aliphatic hydroxyl groups excluding tert-OH is 2. The van der Waals surface area contributed by atoms with Crippen LogP contribution in [0.5, 0.6) is 0 Å². The summed E-state index contributed by atoms with van der Waals surface area (Å²) in [5, 5.41) is 20.7. The fourth-order valence-electron chi connectivity index (χ4n) is 1.98. The Morgan fingerprint density at radius 3 is 2.32 bits per heavy atom. The van der Waals surface area contributed by atoms with Gasteiger partial charge < -0.3 is 15.5 Å². The number of carbonyl (C=O) groups excluding carboxylic acids is 1. The van der Waals surface area contributed by atoms with E-state index in [1.807, 2.05) is 50.2 Å². The minimum absolute atomic E-state index is 0.229. The van der Waals surface area contributed by atoms with E-state index in [-0.39, 0.29) is 19.1 Å². The highest BCUT2D eigenvalue weighted by atomic mass is 16.3. The lowest BCUT2D eigenvalue weighted by Gasteiger charge is -2.27. The van der Waals surface area contributed by atoms with Crippen molar-refractivity contribution in [1.29, 1.82) is 0 Å². The van der Waals surface area contributed by atoms with Gasteiger partial charge in [-0.3, -0.25) is 9.69 Å². The van der Waals surface area contributed by atoms with Gasteiger partial charge in [0.1, 0.15) is 6.04 Å². The van der Waals surface area contributed by atoms with Gasteiger partial charge in [0.2, 0.25) is 5.91 Å². The molecular formula is C14H22N2O3. The first kappa shape index (κ1) is 15.6. The third kappa shape index (κ3) is 4.02. The van der Waals surface area contributed by atoms with Crippen molar-refractivity contribution in [3.8, 4) is 0 Å². The summed E-state index contributed by atoms with van der Waals surface area (Å²) in [6, 6.07) is 6.61. The molecule has 0 fully saturated rings. The lowest BCUT2D eigenvalue weighted by molar-refractivity contribution is -0.127. The van der Waals surface area contributed by atoms with Crippen LogP contribution in [0.4, 0.5) is 0 Å². The Bertz CT molecular complexity index is 417. The Morgan fingerprint density at radius 1 is 1.26 bits per heavy atom. The molecule has 0 spiro atoms. The Morgan fingerprint density at radius 2 is 1.84 bits per heavy atom. The average Bonchev–Trinajstić information content (AvgIpc) is 2.38. The molecule has 0 heterocycles. The molecule has 3 N–H and O–H groups in total. The minimum Gasteiger partial charge on any atom is -0.394 e. The van der Waals surface area contributed by atoms with Crippen molar-refractivity contribution in [1.82, 2.24) is 10.2 Å². The summed E-state index contributed by atoms with van der Waals surface area (Å²) in [6.07, 6.45) is 0. The first-order chi connectivity index (χ1) is 9.01. The third-order valence-corrected chi connectivity index (χ3v) is 3.03. The van der Waals surface area contributed by atoms with Gasteiger partial charge in [0.25, 0.3) is 0 Å². The van der Waals surface area contributed by atoms with Crippen LogP contribution in [-0.2, 0) is 4.79 Å². The van der Waals surface area contributed by atoms with E-state index in [2.05, 4.69) is 5.32 Å². The van der Waals surface area contributed by atoms with Gasteiger partial charge in [0.05, 0.1) is 19.3 Å². The lowest BCUT2D eigenvalue weighted by Crippen LogP contribution is -2.45. The molecule has 1 amide bonds. The molecule has 5 nitrogen and oxygen atoms in total. The summed E-state index contributed by atoms with van der Waals surface area (Å²) in [4.78, 5) is 14.1. The van der Waals surface area contributed by atoms with Crippen LogP contribution in [0, 0.1) is 6.92 Å². The van der Waals surface area contributed by atoms with Crippen LogP contribution in [0.15, 0.2) is 24.3 Å². The molecule has 0 aliphatic carbocycles. The summed E-state index contributed by atoms with van der Waals surface area (Å²) in [5.41, 5.74) is 1.94. The van der Waals surface area contributed by atoms with Crippen LogP contribution in [0.1, 0.15) is 17.2 Å². The van der Waals surface area contributed by atoms with E-state index in [4.69, 9.17) is 10.2 Å². The average molecular weight is 266 g/mol. The Hall–Kier alpha value is -1.43. The number of nitrogens with one attached hydrogen (secondary N) is 1. The van der Waals surface area contributed by atoms with Gasteiger partial charge >= 0.3 is 0 Å². The quantitative estimate of drug-likeness (QED) is 0.681. The number of rotatable bonds is 6. The zero-order chi connectivity index (χ0) is 14.4. The highest BCUT2D eigenvalue weighted by molar-refractivity contribution is 5.83. The van der Waals surface area contributed by atoms with Gasteiger partial charge in [0.15, 0.2) is 0 Å². The zero-order valence-electron chi connectivity index (χ0n) is 11.6. The van der Waals surface area contributed by atoms with Gasteiger partial charge in [-0.05, 0) is 32.1 Å². The number of benzene rings is 1. The number of hydrogen-bond acceptors (Lipinski definition) is 4. The first-order valence-corrected chi connectivity index (χ1v) is 6.25. The number of aryl methyl sites for hydroxylation is 1. The lowest BCUT2D eigenvalue weighted by atomic mass is 9.99. The molecule has 19 heavy (non-hydrogen) atoms. The van der Waals surface area contributed by atoms with Crippen LogP contribution in [-0.4, -0.2) is 54.4 Å². The maximum atomic E-state index is 12.3. The predicted molar refractivity (Wildman–Crippen MR) is 73.7 cm³/mol.